The Hall–Kier alpha value is -2.11. The van der Waals surface area contributed by atoms with Gasteiger partial charge in [-0.25, -0.2) is 4.98 Å². The Kier molecular flexibility index (Phi) is 4.79. The van der Waals surface area contributed by atoms with Crippen LogP contribution in [0.3, 0.4) is 0 Å². The highest BCUT2D eigenvalue weighted by molar-refractivity contribution is 7.18. The third kappa shape index (κ3) is 3.46. The van der Waals surface area contributed by atoms with Gasteiger partial charge >= 0.3 is 0 Å². The molecule has 1 N–H and O–H groups in total. The third-order valence-electron chi connectivity index (χ3n) is 3.71. The lowest BCUT2D eigenvalue weighted by atomic mass is 10.2. The first-order valence-electron chi connectivity index (χ1n) is 7.56. The van der Waals surface area contributed by atoms with Gasteiger partial charge < -0.3 is 14.7 Å². The van der Waals surface area contributed by atoms with E-state index < -0.39 is 0 Å². The molecule has 2 aromatic carbocycles. The zero-order valence-corrected chi connectivity index (χ0v) is 14.1. The molecule has 4 nitrogen and oxygen atoms in total. The van der Waals surface area contributed by atoms with Gasteiger partial charge in [-0.1, -0.05) is 18.2 Å². The number of methoxy groups -OCH3 is 1. The SMILES string of the molecule is COc1ccccc1N(CCO)Cc1nc2cc(C)ccc2s1. The molecule has 3 rings (SSSR count). The molecular formula is C18H20N2O2S. The smallest absolute Gasteiger partial charge is 0.142 e. The number of hydrogen-bond acceptors (Lipinski definition) is 5. The molecule has 1 heterocycles. The maximum absolute atomic E-state index is 9.42. The van der Waals surface area contributed by atoms with E-state index >= 15 is 0 Å². The van der Waals surface area contributed by atoms with Crippen molar-refractivity contribution in [2.45, 2.75) is 13.5 Å². The second-order valence-electron chi connectivity index (χ2n) is 5.40. The Balaban J connectivity index is 1.91. The summed E-state index contributed by atoms with van der Waals surface area (Å²) in [5.41, 5.74) is 3.22. The lowest BCUT2D eigenvalue weighted by Crippen LogP contribution is -2.26. The van der Waals surface area contributed by atoms with Gasteiger partial charge in [-0.3, -0.25) is 0 Å². The van der Waals surface area contributed by atoms with E-state index in [2.05, 4.69) is 30.0 Å². The van der Waals surface area contributed by atoms with Gasteiger partial charge in [0.25, 0.3) is 0 Å². The summed E-state index contributed by atoms with van der Waals surface area (Å²) in [6.07, 6.45) is 0. The predicted octanol–water partition coefficient (Wildman–Crippen LogP) is 3.61. The molecule has 0 amide bonds. The highest BCUT2D eigenvalue weighted by Crippen LogP contribution is 2.30. The van der Waals surface area contributed by atoms with Crippen LogP contribution in [0.5, 0.6) is 5.75 Å². The van der Waals surface area contributed by atoms with Crippen LogP contribution in [0.4, 0.5) is 5.69 Å². The predicted molar refractivity (Wildman–Crippen MR) is 95.5 cm³/mol. The van der Waals surface area contributed by atoms with Gasteiger partial charge in [0.1, 0.15) is 10.8 Å². The van der Waals surface area contributed by atoms with E-state index in [0.717, 1.165) is 22.0 Å². The fourth-order valence-electron chi connectivity index (χ4n) is 2.61. The van der Waals surface area contributed by atoms with Crippen molar-refractivity contribution < 1.29 is 9.84 Å². The van der Waals surface area contributed by atoms with Crippen LogP contribution in [-0.2, 0) is 6.54 Å². The van der Waals surface area contributed by atoms with Crippen LogP contribution in [0.1, 0.15) is 10.6 Å². The molecule has 0 aliphatic heterocycles. The standard InChI is InChI=1S/C18H20N2O2S/c1-13-7-8-17-14(11-13)19-18(23-17)12-20(9-10-21)15-5-3-4-6-16(15)22-2/h3-8,11,21H,9-10,12H2,1-2H3. The first-order valence-corrected chi connectivity index (χ1v) is 8.38. The molecular weight excluding hydrogens is 308 g/mol. The number of ether oxygens (including phenoxy) is 1. The van der Waals surface area contributed by atoms with Gasteiger partial charge in [-0.05, 0) is 36.8 Å². The van der Waals surface area contributed by atoms with E-state index in [1.54, 1.807) is 18.4 Å². The van der Waals surface area contributed by atoms with Gasteiger partial charge in [0.05, 0.1) is 36.2 Å². The number of aliphatic hydroxyl groups is 1. The van der Waals surface area contributed by atoms with Crippen LogP contribution in [0.15, 0.2) is 42.5 Å². The number of anilines is 1. The maximum atomic E-state index is 9.42. The van der Waals surface area contributed by atoms with E-state index in [1.807, 2.05) is 24.3 Å². The summed E-state index contributed by atoms with van der Waals surface area (Å²) >= 11 is 1.69. The fourth-order valence-corrected chi connectivity index (χ4v) is 3.58. The van der Waals surface area contributed by atoms with Gasteiger partial charge in [0, 0.05) is 6.54 Å². The van der Waals surface area contributed by atoms with Crippen LogP contribution in [0.2, 0.25) is 0 Å². The normalized spacial score (nSPS) is 10.9. The third-order valence-corrected chi connectivity index (χ3v) is 4.73. The topological polar surface area (TPSA) is 45.6 Å². The first-order chi connectivity index (χ1) is 11.2. The van der Waals surface area contributed by atoms with E-state index in [1.165, 1.54) is 10.3 Å². The molecule has 1 aromatic heterocycles. The lowest BCUT2D eigenvalue weighted by molar-refractivity contribution is 0.301. The summed E-state index contributed by atoms with van der Waals surface area (Å²) < 4.78 is 6.63. The monoisotopic (exact) mass is 328 g/mol. The molecule has 0 spiro atoms. The summed E-state index contributed by atoms with van der Waals surface area (Å²) in [5.74, 6) is 0.804. The summed E-state index contributed by atoms with van der Waals surface area (Å²) in [6.45, 7) is 3.35. The average Bonchev–Trinajstić information content (AvgIpc) is 2.96. The number of thiazole rings is 1. The number of aryl methyl sites for hydroxylation is 1. The second-order valence-corrected chi connectivity index (χ2v) is 6.51. The van der Waals surface area contributed by atoms with Crippen molar-refractivity contribution in [2.75, 3.05) is 25.2 Å². The summed E-state index contributed by atoms with van der Waals surface area (Å²) in [5, 5.41) is 10.4. The van der Waals surface area contributed by atoms with Crippen molar-refractivity contribution in [3.63, 3.8) is 0 Å². The number of para-hydroxylation sites is 2. The van der Waals surface area contributed by atoms with Crippen LogP contribution in [-0.4, -0.2) is 30.4 Å². The zero-order chi connectivity index (χ0) is 16.2. The number of hydrogen-bond donors (Lipinski definition) is 1. The Morgan fingerprint density at radius 3 is 2.83 bits per heavy atom. The molecule has 3 aromatic rings. The van der Waals surface area contributed by atoms with Gasteiger partial charge in [0.2, 0.25) is 0 Å². The molecule has 0 atom stereocenters. The van der Waals surface area contributed by atoms with Crippen LogP contribution >= 0.6 is 11.3 Å². The minimum atomic E-state index is 0.0854. The molecule has 5 heteroatoms. The molecule has 0 fully saturated rings. The number of aromatic nitrogens is 1. The molecule has 0 saturated heterocycles. The number of benzene rings is 2. The Labute approximate surface area is 140 Å². The average molecular weight is 328 g/mol. The summed E-state index contributed by atoms with van der Waals surface area (Å²) in [7, 11) is 1.66. The van der Waals surface area contributed by atoms with Crippen molar-refractivity contribution >= 4 is 27.2 Å². The number of fused-ring (bicyclic) bond motifs is 1. The zero-order valence-electron chi connectivity index (χ0n) is 13.3. The minimum absolute atomic E-state index is 0.0854. The molecule has 120 valence electrons. The van der Waals surface area contributed by atoms with Crippen molar-refractivity contribution in [3.05, 3.63) is 53.0 Å². The Morgan fingerprint density at radius 1 is 1.22 bits per heavy atom. The second kappa shape index (κ2) is 6.98. The largest absolute Gasteiger partial charge is 0.495 e. The van der Waals surface area contributed by atoms with Gasteiger partial charge in [-0.15, -0.1) is 11.3 Å². The summed E-state index contributed by atoms with van der Waals surface area (Å²) in [4.78, 5) is 6.83. The molecule has 0 bridgehead atoms. The lowest BCUT2D eigenvalue weighted by Gasteiger charge is -2.24. The molecule has 23 heavy (non-hydrogen) atoms. The van der Waals surface area contributed by atoms with E-state index in [-0.39, 0.29) is 6.61 Å². The van der Waals surface area contributed by atoms with E-state index in [0.29, 0.717) is 13.1 Å². The quantitative estimate of drug-likeness (QED) is 0.751. The fraction of sp³-hybridized carbons (Fsp3) is 0.278. The molecule has 0 aliphatic rings. The number of rotatable bonds is 6. The van der Waals surface area contributed by atoms with E-state index in [9.17, 15) is 5.11 Å². The molecule has 0 radical (unpaired) electrons. The van der Waals surface area contributed by atoms with Crippen molar-refractivity contribution in [1.29, 1.82) is 0 Å². The minimum Gasteiger partial charge on any atom is -0.495 e. The molecule has 0 unspecified atom stereocenters. The van der Waals surface area contributed by atoms with Crippen LogP contribution < -0.4 is 9.64 Å². The van der Waals surface area contributed by atoms with Gasteiger partial charge in [-0.2, -0.15) is 0 Å². The van der Waals surface area contributed by atoms with Gasteiger partial charge in [0.15, 0.2) is 0 Å². The highest BCUT2D eigenvalue weighted by atomic mass is 32.1. The summed E-state index contributed by atoms with van der Waals surface area (Å²) in [6, 6.07) is 14.2. The van der Waals surface area contributed by atoms with Crippen LogP contribution in [0, 0.1) is 6.92 Å². The Bertz CT molecular complexity index is 801. The van der Waals surface area contributed by atoms with E-state index in [4.69, 9.17) is 9.72 Å². The van der Waals surface area contributed by atoms with Crippen LogP contribution in [0.25, 0.3) is 10.2 Å². The number of nitrogens with zero attached hydrogens (tertiary/aromatic N) is 2. The number of aliphatic hydroxyl groups excluding tert-OH is 1. The molecule has 0 saturated carbocycles. The maximum Gasteiger partial charge on any atom is 0.142 e. The van der Waals surface area contributed by atoms with Crippen molar-refractivity contribution in [1.82, 2.24) is 4.98 Å². The Morgan fingerprint density at radius 2 is 2.04 bits per heavy atom. The molecule has 0 aliphatic carbocycles. The van der Waals surface area contributed by atoms with Crippen molar-refractivity contribution in [3.8, 4) is 5.75 Å². The highest BCUT2D eigenvalue weighted by Gasteiger charge is 2.14. The van der Waals surface area contributed by atoms with Crippen molar-refractivity contribution in [2.24, 2.45) is 0 Å². The first kappa shape index (κ1) is 15.8.